The minimum absolute atomic E-state index is 0.164. The van der Waals surface area contributed by atoms with E-state index in [0.717, 1.165) is 0 Å². The van der Waals surface area contributed by atoms with Gasteiger partial charge in [0.1, 0.15) is 0 Å². The Hall–Kier alpha value is -1.71. The number of ether oxygens (including phenoxy) is 6. The molecule has 29 heavy (non-hydrogen) atoms. The number of carbonyl (C=O) groups is 3. The minimum atomic E-state index is -0.516. The van der Waals surface area contributed by atoms with Crippen molar-refractivity contribution in [1.29, 1.82) is 0 Å². The van der Waals surface area contributed by atoms with Crippen molar-refractivity contribution in [2.45, 2.75) is 47.0 Å². The van der Waals surface area contributed by atoms with Crippen LogP contribution in [0.15, 0.2) is 0 Å². The topological polar surface area (TPSA) is 107 Å². The number of hydrogen-bond donors (Lipinski definition) is 0. The zero-order valence-electron chi connectivity index (χ0n) is 18.2. The fourth-order valence-corrected chi connectivity index (χ4v) is 2.25. The lowest BCUT2D eigenvalue weighted by atomic mass is 9.94. The number of rotatable bonds is 18. The van der Waals surface area contributed by atoms with E-state index < -0.39 is 5.41 Å². The van der Waals surface area contributed by atoms with Gasteiger partial charge in [0.15, 0.2) is 0 Å². The lowest BCUT2D eigenvalue weighted by Gasteiger charge is -2.29. The monoisotopic (exact) mass is 420 g/mol. The molecule has 0 N–H and O–H groups in total. The van der Waals surface area contributed by atoms with Gasteiger partial charge in [-0.3, -0.25) is 14.4 Å². The van der Waals surface area contributed by atoms with E-state index in [2.05, 4.69) is 0 Å². The standard InChI is InChI=1S/C20H36O9/c1-5-27-17(21)8-11-24-14-20(4,15-25-12-9-18(22)28-6-2)16-26-13-10-19(23)29-7-3/h5-16H2,1-4H3. The highest BCUT2D eigenvalue weighted by Gasteiger charge is 2.26. The fraction of sp³-hybridized carbons (Fsp3) is 0.850. The molecule has 0 aromatic carbocycles. The lowest BCUT2D eigenvalue weighted by molar-refractivity contribution is -0.145. The Morgan fingerprint density at radius 3 is 1.10 bits per heavy atom. The number of esters is 3. The van der Waals surface area contributed by atoms with E-state index in [1.807, 2.05) is 6.92 Å². The van der Waals surface area contributed by atoms with Gasteiger partial charge in [0.05, 0.1) is 78.7 Å². The summed E-state index contributed by atoms with van der Waals surface area (Å²) in [6.45, 7) is 9.66. The van der Waals surface area contributed by atoms with Crippen LogP contribution in [-0.4, -0.2) is 77.4 Å². The molecule has 0 saturated carbocycles. The Kier molecular flexibility index (Phi) is 16.2. The quantitative estimate of drug-likeness (QED) is 0.187. The summed E-state index contributed by atoms with van der Waals surface area (Å²) < 4.78 is 31.4. The van der Waals surface area contributed by atoms with Crippen molar-refractivity contribution in [1.82, 2.24) is 0 Å². The third kappa shape index (κ3) is 15.8. The number of carbonyl (C=O) groups excluding carboxylic acids is 3. The SMILES string of the molecule is CCOC(=O)CCOCC(C)(COCCC(=O)OCC)COCCC(=O)OCC. The molecule has 0 unspecified atom stereocenters. The maximum absolute atomic E-state index is 11.4. The molecule has 0 amide bonds. The maximum Gasteiger partial charge on any atom is 0.308 e. The van der Waals surface area contributed by atoms with Crippen molar-refractivity contribution in [2.24, 2.45) is 5.41 Å². The first-order valence-electron chi connectivity index (χ1n) is 10.1. The van der Waals surface area contributed by atoms with Crippen molar-refractivity contribution in [3.8, 4) is 0 Å². The Morgan fingerprint density at radius 2 is 0.862 bits per heavy atom. The highest BCUT2D eigenvalue weighted by atomic mass is 16.5. The molecule has 0 aromatic heterocycles. The second-order valence-electron chi connectivity index (χ2n) is 6.63. The van der Waals surface area contributed by atoms with E-state index in [-0.39, 0.29) is 76.8 Å². The van der Waals surface area contributed by atoms with Gasteiger partial charge in [-0.25, -0.2) is 0 Å². The average Bonchev–Trinajstić information content (AvgIpc) is 2.67. The second-order valence-corrected chi connectivity index (χ2v) is 6.63. The summed E-state index contributed by atoms with van der Waals surface area (Å²) in [6, 6.07) is 0. The zero-order valence-corrected chi connectivity index (χ0v) is 18.2. The molecule has 0 spiro atoms. The third-order valence-corrected chi connectivity index (χ3v) is 3.62. The molecular weight excluding hydrogens is 384 g/mol. The third-order valence-electron chi connectivity index (χ3n) is 3.62. The van der Waals surface area contributed by atoms with Crippen molar-refractivity contribution in [3.63, 3.8) is 0 Å². The van der Waals surface area contributed by atoms with Crippen LogP contribution in [0.1, 0.15) is 47.0 Å². The second kappa shape index (κ2) is 17.2. The van der Waals surface area contributed by atoms with Crippen LogP contribution in [0.5, 0.6) is 0 Å². The molecule has 0 fully saturated rings. The summed E-state index contributed by atoms with van der Waals surface area (Å²) in [6.07, 6.45) is 0.492. The van der Waals surface area contributed by atoms with Gasteiger partial charge in [-0.2, -0.15) is 0 Å². The van der Waals surface area contributed by atoms with Gasteiger partial charge in [0.2, 0.25) is 0 Å². The van der Waals surface area contributed by atoms with E-state index >= 15 is 0 Å². The van der Waals surface area contributed by atoms with Crippen molar-refractivity contribution >= 4 is 17.9 Å². The van der Waals surface area contributed by atoms with Crippen molar-refractivity contribution in [3.05, 3.63) is 0 Å². The molecule has 0 saturated heterocycles. The summed E-state index contributed by atoms with van der Waals surface area (Å²) in [7, 11) is 0. The summed E-state index contributed by atoms with van der Waals surface area (Å²) in [4.78, 5) is 34.2. The highest BCUT2D eigenvalue weighted by Crippen LogP contribution is 2.19. The van der Waals surface area contributed by atoms with Crippen LogP contribution in [0.4, 0.5) is 0 Å². The average molecular weight is 420 g/mol. The molecule has 9 heteroatoms. The molecule has 0 aromatic rings. The van der Waals surface area contributed by atoms with Crippen LogP contribution in [-0.2, 0) is 42.8 Å². The largest absolute Gasteiger partial charge is 0.466 e. The molecule has 0 rings (SSSR count). The fourth-order valence-electron chi connectivity index (χ4n) is 2.25. The van der Waals surface area contributed by atoms with Crippen LogP contribution in [0.25, 0.3) is 0 Å². The first-order valence-corrected chi connectivity index (χ1v) is 10.1. The molecule has 170 valence electrons. The van der Waals surface area contributed by atoms with Gasteiger partial charge < -0.3 is 28.4 Å². The molecule has 0 aliphatic heterocycles. The Balaban J connectivity index is 4.37. The number of hydrogen-bond acceptors (Lipinski definition) is 9. The van der Waals surface area contributed by atoms with Crippen molar-refractivity contribution in [2.75, 3.05) is 59.5 Å². The summed E-state index contributed by atoms with van der Waals surface area (Å²) in [5.74, 6) is -0.943. The Labute approximate surface area is 173 Å². The van der Waals surface area contributed by atoms with Crippen LogP contribution in [0.2, 0.25) is 0 Å². The molecule has 0 heterocycles. The van der Waals surface area contributed by atoms with Crippen molar-refractivity contribution < 1.29 is 42.8 Å². The van der Waals surface area contributed by atoms with Gasteiger partial charge in [-0.15, -0.1) is 0 Å². The summed E-state index contributed by atoms with van der Waals surface area (Å²) >= 11 is 0. The van der Waals surface area contributed by atoms with Gasteiger partial charge in [-0.1, -0.05) is 6.92 Å². The van der Waals surface area contributed by atoms with Gasteiger partial charge in [0.25, 0.3) is 0 Å². The Bertz CT molecular complexity index is 400. The molecule has 0 radical (unpaired) electrons. The molecular formula is C20H36O9. The van der Waals surface area contributed by atoms with Crippen LogP contribution in [0.3, 0.4) is 0 Å². The predicted molar refractivity (Wildman–Crippen MR) is 104 cm³/mol. The van der Waals surface area contributed by atoms with Gasteiger partial charge >= 0.3 is 17.9 Å². The lowest BCUT2D eigenvalue weighted by Crippen LogP contribution is -2.35. The minimum Gasteiger partial charge on any atom is -0.466 e. The molecule has 0 bridgehead atoms. The Morgan fingerprint density at radius 1 is 0.586 bits per heavy atom. The van der Waals surface area contributed by atoms with E-state index in [1.54, 1.807) is 20.8 Å². The summed E-state index contributed by atoms with van der Waals surface area (Å²) in [5.41, 5.74) is -0.516. The van der Waals surface area contributed by atoms with E-state index in [4.69, 9.17) is 28.4 Å². The molecule has 0 aliphatic carbocycles. The van der Waals surface area contributed by atoms with Crippen LogP contribution in [0, 0.1) is 5.41 Å². The van der Waals surface area contributed by atoms with E-state index in [9.17, 15) is 14.4 Å². The van der Waals surface area contributed by atoms with Crippen LogP contribution < -0.4 is 0 Å². The van der Waals surface area contributed by atoms with Gasteiger partial charge in [-0.05, 0) is 20.8 Å². The van der Waals surface area contributed by atoms with E-state index in [1.165, 1.54) is 0 Å². The summed E-state index contributed by atoms with van der Waals surface area (Å²) in [5, 5.41) is 0. The molecule has 0 aliphatic rings. The van der Waals surface area contributed by atoms with E-state index in [0.29, 0.717) is 19.8 Å². The van der Waals surface area contributed by atoms with Gasteiger partial charge in [0, 0.05) is 5.41 Å². The normalized spacial score (nSPS) is 11.2. The first kappa shape index (κ1) is 27.3. The predicted octanol–water partition coefficient (Wildman–Crippen LogP) is 1.90. The molecule has 0 atom stereocenters. The van der Waals surface area contributed by atoms with Crippen LogP contribution >= 0.6 is 0 Å². The first-order chi connectivity index (χ1) is 13.9. The smallest absolute Gasteiger partial charge is 0.308 e. The molecule has 9 nitrogen and oxygen atoms in total. The zero-order chi connectivity index (χ0) is 22.0. The highest BCUT2D eigenvalue weighted by molar-refractivity contribution is 5.70. The maximum atomic E-state index is 11.4.